The van der Waals surface area contributed by atoms with Crippen molar-refractivity contribution in [3.8, 4) is 10.7 Å². The number of piperidine rings is 1. The van der Waals surface area contributed by atoms with Gasteiger partial charge in [0.2, 0.25) is 0 Å². The molecule has 0 amide bonds. The second-order valence-corrected chi connectivity index (χ2v) is 9.37. The van der Waals surface area contributed by atoms with Crippen molar-refractivity contribution in [2.45, 2.75) is 38.1 Å². The second kappa shape index (κ2) is 10.0. The first kappa shape index (κ1) is 24.0. The zero-order valence-corrected chi connectivity index (χ0v) is 19.5. The molecular formula is C22H27F3N8S. The molecule has 0 bridgehead atoms. The zero-order chi connectivity index (χ0) is 24.3. The molecule has 0 saturated carbocycles. The van der Waals surface area contributed by atoms with Crippen LogP contribution in [0.1, 0.15) is 17.8 Å². The maximum atomic E-state index is 13.5. The van der Waals surface area contributed by atoms with Crippen molar-refractivity contribution in [1.29, 1.82) is 5.41 Å². The molecule has 5 N–H and O–H groups in total. The van der Waals surface area contributed by atoms with Gasteiger partial charge in [-0.2, -0.15) is 13.2 Å². The summed E-state index contributed by atoms with van der Waals surface area (Å²) in [5, 5.41) is 23.7. The van der Waals surface area contributed by atoms with Gasteiger partial charge in [-0.3, -0.25) is 0 Å². The number of hydrogen-bond acceptors (Lipinski definition) is 8. The van der Waals surface area contributed by atoms with Gasteiger partial charge in [0.25, 0.3) is 0 Å². The Labute approximate surface area is 199 Å². The zero-order valence-electron chi connectivity index (χ0n) is 18.7. The Morgan fingerprint density at radius 3 is 2.74 bits per heavy atom. The Morgan fingerprint density at radius 1 is 1.29 bits per heavy atom. The number of nitrogens with two attached hydrogens (primary N) is 1. The number of benzene rings is 1. The summed E-state index contributed by atoms with van der Waals surface area (Å²) in [4.78, 5) is 2.27. The summed E-state index contributed by atoms with van der Waals surface area (Å²) in [7, 11) is 2.09. The van der Waals surface area contributed by atoms with Gasteiger partial charge >= 0.3 is 6.18 Å². The van der Waals surface area contributed by atoms with Crippen LogP contribution >= 0.6 is 11.3 Å². The molecule has 12 heteroatoms. The highest BCUT2D eigenvalue weighted by Crippen LogP contribution is 2.36. The third-order valence-corrected chi connectivity index (χ3v) is 6.77. The number of nitrogens with zero attached hydrogens (tertiary/aromatic N) is 4. The van der Waals surface area contributed by atoms with Crippen LogP contribution in [-0.4, -0.2) is 58.2 Å². The maximum absolute atomic E-state index is 13.5. The number of alkyl halides is 3. The molecule has 1 saturated heterocycles. The molecule has 34 heavy (non-hydrogen) atoms. The molecule has 182 valence electrons. The highest BCUT2D eigenvalue weighted by Gasteiger charge is 2.31. The van der Waals surface area contributed by atoms with Gasteiger partial charge in [-0.25, -0.2) is 0 Å². The van der Waals surface area contributed by atoms with E-state index in [0.717, 1.165) is 43.2 Å². The van der Waals surface area contributed by atoms with E-state index in [9.17, 15) is 13.2 Å². The molecular weight excluding hydrogens is 465 g/mol. The standard InChI is InChI=1S/C22H27F3N8S/c1-32-7-5-14(6-8-32)29-17-3-2-4-18-16(17)9-19(33(18)13-22(23,24)25)21-31-30-20(34-21)12-28-15(10-26)11-27/h2-4,9-11,14,26,28-29H,5-8,12-13,27H2,1H3/b15-11+,26-10?. The lowest BCUT2D eigenvalue weighted by Gasteiger charge is -2.30. The van der Waals surface area contributed by atoms with E-state index >= 15 is 0 Å². The topological polar surface area (TPSA) is 108 Å². The molecule has 1 aliphatic rings. The second-order valence-electron chi connectivity index (χ2n) is 8.31. The molecule has 1 aromatic carbocycles. The minimum atomic E-state index is -4.39. The van der Waals surface area contributed by atoms with E-state index in [1.165, 1.54) is 22.1 Å². The number of halogens is 3. The Bertz CT molecular complexity index is 1170. The van der Waals surface area contributed by atoms with Crippen molar-refractivity contribution in [2.75, 3.05) is 25.5 Å². The minimum Gasteiger partial charge on any atom is -0.403 e. The van der Waals surface area contributed by atoms with Crippen LogP contribution in [0, 0.1) is 5.41 Å². The third-order valence-electron chi connectivity index (χ3n) is 5.83. The number of hydrogen-bond donors (Lipinski definition) is 4. The summed E-state index contributed by atoms with van der Waals surface area (Å²) in [5.41, 5.74) is 7.53. The molecule has 4 rings (SSSR count). The first-order valence-electron chi connectivity index (χ1n) is 10.9. The van der Waals surface area contributed by atoms with Crippen LogP contribution in [0.4, 0.5) is 18.9 Å². The summed E-state index contributed by atoms with van der Waals surface area (Å²) in [6.45, 7) is 1.10. The Hall–Kier alpha value is -3.12. The lowest BCUT2D eigenvalue weighted by molar-refractivity contribution is -0.139. The molecule has 0 aliphatic carbocycles. The average Bonchev–Trinajstić information content (AvgIpc) is 3.40. The van der Waals surface area contributed by atoms with Crippen LogP contribution in [0.2, 0.25) is 0 Å². The van der Waals surface area contributed by atoms with Gasteiger partial charge in [0.1, 0.15) is 11.6 Å². The number of allylic oxidation sites excluding steroid dienone is 1. The largest absolute Gasteiger partial charge is 0.406 e. The fourth-order valence-electron chi connectivity index (χ4n) is 4.07. The van der Waals surface area contributed by atoms with Crippen molar-refractivity contribution in [3.63, 3.8) is 0 Å². The van der Waals surface area contributed by atoms with Gasteiger partial charge < -0.3 is 31.2 Å². The first-order valence-corrected chi connectivity index (χ1v) is 11.7. The normalized spacial score (nSPS) is 16.2. The predicted molar refractivity (Wildman–Crippen MR) is 129 cm³/mol. The van der Waals surface area contributed by atoms with E-state index in [-0.39, 0.29) is 12.6 Å². The number of anilines is 1. The predicted octanol–water partition coefficient (Wildman–Crippen LogP) is 3.77. The van der Waals surface area contributed by atoms with Crippen LogP contribution in [0.25, 0.3) is 21.6 Å². The molecule has 1 aliphatic heterocycles. The van der Waals surface area contributed by atoms with E-state index < -0.39 is 12.7 Å². The third kappa shape index (κ3) is 5.50. The summed E-state index contributed by atoms with van der Waals surface area (Å²) >= 11 is 1.20. The van der Waals surface area contributed by atoms with Crippen LogP contribution in [0.15, 0.2) is 36.2 Å². The first-order chi connectivity index (χ1) is 16.3. The highest BCUT2D eigenvalue weighted by atomic mass is 32.1. The van der Waals surface area contributed by atoms with Crippen LogP contribution in [0.5, 0.6) is 0 Å². The van der Waals surface area contributed by atoms with E-state index in [1.54, 1.807) is 18.2 Å². The van der Waals surface area contributed by atoms with E-state index in [4.69, 9.17) is 11.1 Å². The molecule has 8 nitrogen and oxygen atoms in total. The average molecular weight is 493 g/mol. The Kier molecular flexibility index (Phi) is 7.08. The van der Waals surface area contributed by atoms with Crippen molar-refractivity contribution in [2.24, 2.45) is 5.73 Å². The van der Waals surface area contributed by atoms with Gasteiger partial charge in [-0.1, -0.05) is 17.4 Å². The number of nitrogens with one attached hydrogen (secondary N) is 3. The quantitative estimate of drug-likeness (QED) is 0.357. The molecule has 0 radical (unpaired) electrons. The molecule has 0 unspecified atom stereocenters. The number of fused-ring (bicyclic) bond motifs is 1. The summed E-state index contributed by atoms with van der Waals surface area (Å²) in [5.74, 6) is 0. The molecule has 0 atom stereocenters. The van der Waals surface area contributed by atoms with Gasteiger partial charge in [0.15, 0.2) is 5.01 Å². The van der Waals surface area contributed by atoms with Crippen molar-refractivity contribution in [1.82, 2.24) is 25.0 Å². The van der Waals surface area contributed by atoms with E-state index in [0.29, 0.717) is 26.9 Å². The molecule has 3 aromatic rings. The summed E-state index contributed by atoms with van der Waals surface area (Å²) in [6, 6.07) is 7.43. The van der Waals surface area contributed by atoms with Crippen molar-refractivity contribution in [3.05, 3.63) is 41.2 Å². The molecule has 3 heterocycles. The van der Waals surface area contributed by atoms with Gasteiger partial charge in [-0.05, 0) is 51.2 Å². The number of rotatable bonds is 8. The number of aromatic nitrogens is 3. The molecule has 0 spiro atoms. The summed E-state index contributed by atoms with van der Waals surface area (Å²) < 4.78 is 41.8. The van der Waals surface area contributed by atoms with E-state index in [1.807, 2.05) is 6.07 Å². The highest BCUT2D eigenvalue weighted by molar-refractivity contribution is 7.14. The molecule has 1 fully saturated rings. The van der Waals surface area contributed by atoms with Gasteiger partial charge in [0.05, 0.1) is 23.5 Å². The Balaban J connectivity index is 1.68. The van der Waals surface area contributed by atoms with Crippen molar-refractivity contribution >= 4 is 34.1 Å². The number of likely N-dealkylation sites (tertiary alicyclic amines) is 1. The SMILES string of the molecule is CN1CCC(Nc2cccc3c2cc(-c2nnc(CN/C(C=N)=C/N)s2)n3CC(F)(F)F)CC1. The van der Waals surface area contributed by atoms with E-state index in [2.05, 4.69) is 32.8 Å². The van der Waals surface area contributed by atoms with Gasteiger partial charge in [0, 0.05) is 29.5 Å². The smallest absolute Gasteiger partial charge is 0.403 e. The fraction of sp³-hybridized carbons (Fsp3) is 0.409. The summed E-state index contributed by atoms with van der Waals surface area (Å²) in [6.07, 6.45) is -0.107. The maximum Gasteiger partial charge on any atom is 0.406 e. The lowest BCUT2D eigenvalue weighted by Crippen LogP contribution is -2.36. The Morgan fingerprint density at radius 2 is 2.06 bits per heavy atom. The van der Waals surface area contributed by atoms with Crippen molar-refractivity contribution < 1.29 is 13.2 Å². The van der Waals surface area contributed by atoms with Crippen LogP contribution < -0.4 is 16.4 Å². The molecule has 2 aromatic heterocycles. The lowest BCUT2D eigenvalue weighted by atomic mass is 10.0. The minimum absolute atomic E-state index is 0.262. The monoisotopic (exact) mass is 492 g/mol. The van der Waals surface area contributed by atoms with Crippen LogP contribution in [-0.2, 0) is 13.1 Å². The van der Waals surface area contributed by atoms with Crippen LogP contribution in [0.3, 0.4) is 0 Å². The van der Waals surface area contributed by atoms with Gasteiger partial charge in [-0.15, -0.1) is 10.2 Å². The fourth-order valence-corrected chi connectivity index (χ4v) is 4.88.